The van der Waals surface area contributed by atoms with Crippen LogP contribution in [0.1, 0.15) is 30.5 Å². The molecule has 118 valence electrons. The van der Waals surface area contributed by atoms with E-state index in [2.05, 4.69) is 4.98 Å². The van der Waals surface area contributed by atoms with Crippen LogP contribution in [0.2, 0.25) is 5.02 Å². The van der Waals surface area contributed by atoms with Gasteiger partial charge in [0.05, 0.1) is 17.3 Å². The Morgan fingerprint density at radius 1 is 1.26 bits per heavy atom. The molecule has 4 nitrogen and oxygen atoms in total. The van der Waals surface area contributed by atoms with Gasteiger partial charge >= 0.3 is 5.97 Å². The minimum atomic E-state index is -0.842. The molecule has 0 saturated carbocycles. The Hall–Kier alpha value is -2.33. The van der Waals surface area contributed by atoms with Crippen LogP contribution >= 0.6 is 11.6 Å². The molecular formula is C18H17ClN2O2. The molecule has 5 heteroatoms. The fraction of sp³-hybridized carbons (Fsp3) is 0.222. The Kier molecular flexibility index (Phi) is 4.09. The summed E-state index contributed by atoms with van der Waals surface area (Å²) in [5, 5.41) is 10.3. The SMILES string of the molecule is CCC(C(=O)O)c1c(-c2ccc(Cl)cc2)nc2ccc(C)cn12. The van der Waals surface area contributed by atoms with Crippen LogP contribution in [0.25, 0.3) is 16.9 Å². The number of carboxylic acid groups (broad SMARTS) is 1. The molecule has 0 aliphatic rings. The summed E-state index contributed by atoms with van der Waals surface area (Å²) in [6, 6.07) is 11.2. The largest absolute Gasteiger partial charge is 0.481 e. The molecule has 3 aromatic rings. The van der Waals surface area contributed by atoms with Crippen molar-refractivity contribution in [1.29, 1.82) is 0 Å². The topological polar surface area (TPSA) is 54.6 Å². The average molecular weight is 329 g/mol. The molecule has 0 amide bonds. The number of carbonyl (C=O) groups is 1. The maximum absolute atomic E-state index is 11.7. The fourth-order valence-electron chi connectivity index (χ4n) is 2.81. The fourth-order valence-corrected chi connectivity index (χ4v) is 2.93. The van der Waals surface area contributed by atoms with E-state index in [1.807, 2.05) is 48.7 Å². The lowest BCUT2D eigenvalue weighted by atomic mass is 9.97. The molecule has 0 spiro atoms. The number of benzene rings is 1. The molecule has 0 aliphatic carbocycles. The summed E-state index contributed by atoms with van der Waals surface area (Å²) in [4.78, 5) is 16.4. The van der Waals surface area contributed by atoms with Crippen molar-refractivity contribution in [2.75, 3.05) is 0 Å². The van der Waals surface area contributed by atoms with E-state index in [0.717, 1.165) is 16.8 Å². The molecule has 3 rings (SSSR count). The first-order chi connectivity index (χ1) is 11.0. The van der Waals surface area contributed by atoms with Gasteiger partial charge in [-0.1, -0.05) is 36.7 Å². The number of pyridine rings is 1. The van der Waals surface area contributed by atoms with Gasteiger partial charge in [0.2, 0.25) is 0 Å². The van der Waals surface area contributed by atoms with Crippen molar-refractivity contribution in [3.05, 3.63) is 58.9 Å². The number of nitrogens with zero attached hydrogens (tertiary/aromatic N) is 2. The van der Waals surface area contributed by atoms with Crippen LogP contribution in [0, 0.1) is 6.92 Å². The van der Waals surface area contributed by atoms with E-state index < -0.39 is 11.9 Å². The third-order valence-electron chi connectivity index (χ3n) is 3.96. The number of imidazole rings is 1. The third-order valence-corrected chi connectivity index (χ3v) is 4.21. The first-order valence-electron chi connectivity index (χ1n) is 7.48. The highest BCUT2D eigenvalue weighted by atomic mass is 35.5. The van der Waals surface area contributed by atoms with Crippen LogP contribution < -0.4 is 0 Å². The second-order valence-electron chi connectivity index (χ2n) is 5.59. The highest BCUT2D eigenvalue weighted by Gasteiger charge is 2.26. The van der Waals surface area contributed by atoms with Gasteiger partial charge in [0.1, 0.15) is 5.65 Å². The van der Waals surface area contributed by atoms with Gasteiger partial charge in [-0.2, -0.15) is 0 Å². The van der Waals surface area contributed by atoms with Gasteiger partial charge in [0, 0.05) is 16.8 Å². The van der Waals surface area contributed by atoms with E-state index in [9.17, 15) is 9.90 Å². The lowest BCUT2D eigenvalue weighted by Crippen LogP contribution is -2.14. The van der Waals surface area contributed by atoms with Crippen molar-refractivity contribution in [3.8, 4) is 11.3 Å². The van der Waals surface area contributed by atoms with Gasteiger partial charge in [-0.3, -0.25) is 4.79 Å². The molecule has 0 bridgehead atoms. The standard InChI is InChI=1S/C18H17ClN2O2/c1-3-14(18(22)23)17-16(12-5-7-13(19)8-6-12)20-15-9-4-11(2)10-21(15)17/h4-10,14H,3H2,1-2H3,(H,22,23). The molecule has 0 fully saturated rings. The number of fused-ring (bicyclic) bond motifs is 1. The molecule has 23 heavy (non-hydrogen) atoms. The van der Waals surface area contributed by atoms with Gasteiger partial charge in [0.25, 0.3) is 0 Å². The Bertz CT molecular complexity index is 869. The average Bonchev–Trinajstić information content (AvgIpc) is 2.87. The quantitative estimate of drug-likeness (QED) is 0.765. The zero-order valence-electron chi connectivity index (χ0n) is 13.0. The maximum atomic E-state index is 11.7. The van der Waals surface area contributed by atoms with Crippen LogP contribution in [0.15, 0.2) is 42.6 Å². The number of aliphatic carboxylic acids is 1. The van der Waals surface area contributed by atoms with E-state index in [4.69, 9.17) is 11.6 Å². The van der Waals surface area contributed by atoms with Crippen LogP contribution in [0.4, 0.5) is 0 Å². The van der Waals surface area contributed by atoms with Crippen molar-refractivity contribution < 1.29 is 9.90 Å². The van der Waals surface area contributed by atoms with Crippen LogP contribution in [0.3, 0.4) is 0 Å². The first kappa shape index (κ1) is 15.6. The van der Waals surface area contributed by atoms with Crippen molar-refractivity contribution in [1.82, 2.24) is 9.38 Å². The van der Waals surface area contributed by atoms with E-state index >= 15 is 0 Å². The number of aromatic nitrogens is 2. The molecule has 1 atom stereocenters. The minimum absolute atomic E-state index is 0.498. The van der Waals surface area contributed by atoms with Crippen LogP contribution in [-0.2, 0) is 4.79 Å². The Labute approximate surface area is 139 Å². The number of carboxylic acids is 1. The number of aryl methyl sites for hydroxylation is 1. The zero-order chi connectivity index (χ0) is 16.6. The number of halogens is 1. The van der Waals surface area contributed by atoms with Gasteiger partial charge < -0.3 is 9.51 Å². The highest BCUT2D eigenvalue weighted by molar-refractivity contribution is 6.30. The molecule has 1 N–H and O–H groups in total. The van der Waals surface area contributed by atoms with Gasteiger partial charge in [-0.15, -0.1) is 0 Å². The summed E-state index contributed by atoms with van der Waals surface area (Å²) >= 11 is 5.96. The van der Waals surface area contributed by atoms with Crippen molar-refractivity contribution in [2.45, 2.75) is 26.2 Å². The lowest BCUT2D eigenvalue weighted by Gasteiger charge is -2.13. The third kappa shape index (κ3) is 2.82. The van der Waals surface area contributed by atoms with Crippen molar-refractivity contribution in [3.63, 3.8) is 0 Å². The second kappa shape index (κ2) is 6.05. The number of hydrogen-bond acceptors (Lipinski definition) is 2. The zero-order valence-corrected chi connectivity index (χ0v) is 13.7. The summed E-state index contributed by atoms with van der Waals surface area (Å²) < 4.78 is 1.89. The lowest BCUT2D eigenvalue weighted by molar-refractivity contribution is -0.138. The van der Waals surface area contributed by atoms with E-state index in [0.29, 0.717) is 22.8 Å². The first-order valence-corrected chi connectivity index (χ1v) is 7.86. The summed E-state index contributed by atoms with van der Waals surface area (Å²) in [7, 11) is 0. The molecule has 2 heterocycles. The molecule has 1 unspecified atom stereocenters. The molecule has 1 aromatic carbocycles. The molecule has 2 aromatic heterocycles. The monoisotopic (exact) mass is 328 g/mol. The van der Waals surface area contributed by atoms with E-state index in [1.54, 1.807) is 12.1 Å². The van der Waals surface area contributed by atoms with Crippen LogP contribution in [0.5, 0.6) is 0 Å². The van der Waals surface area contributed by atoms with Gasteiger partial charge in [-0.05, 0) is 37.1 Å². The number of hydrogen-bond donors (Lipinski definition) is 1. The number of rotatable bonds is 4. The molecule has 0 aliphatic heterocycles. The summed E-state index contributed by atoms with van der Waals surface area (Å²) in [5.74, 6) is -1.46. The highest BCUT2D eigenvalue weighted by Crippen LogP contribution is 2.32. The van der Waals surface area contributed by atoms with E-state index in [1.165, 1.54) is 0 Å². The molecule has 0 radical (unpaired) electrons. The van der Waals surface area contributed by atoms with Gasteiger partial charge in [-0.25, -0.2) is 4.98 Å². The summed E-state index contributed by atoms with van der Waals surface area (Å²) in [6.07, 6.45) is 2.43. The normalized spacial score (nSPS) is 12.5. The summed E-state index contributed by atoms with van der Waals surface area (Å²) in [6.45, 7) is 3.85. The predicted octanol–water partition coefficient (Wildman–Crippen LogP) is 4.54. The maximum Gasteiger partial charge on any atom is 0.312 e. The van der Waals surface area contributed by atoms with Crippen molar-refractivity contribution >= 4 is 23.2 Å². The van der Waals surface area contributed by atoms with Crippen LogP contribution in [-0.4, -0.2) is 20.5 Å². The van der Waals surface area contributed by atoms with E-state index in [-0.39, 0.29) is 0 Å². The minimum Gasteiger partial charge on any atom is -0.481 e. The van der Waals surface area contributed by atoms with Gasteiger partial charge in [0.15, 0.2) is 0 Å². The molecular weight excluding hydrogens is 312 g/mol. The summed E-state index contributed by atoms with van der Waals surface area (Å²) in [5.41, 5.74) is 4.07. The Morgan fingerprint density at radius 2 is 1.96 bits per heavy atom. The Balaban J connectivity index is 2.31. The Morgan fingerprint density at radius 3 is 2.57 bits per heavy atom. The molecule has 0 saturated heterocycles. The second-order valence-corrected chi connectivity index (χ2v) is 6.02. The predicted molar refractivity (Wildman–Crippen MR) is 91.0 cm³/mol. The smallest absolute Gasteiger partial charge is 0.312 e. The van der Waals surface area contributed by atoms with Crippen molar-refractivity contribution in [2.24, 2.45) is 0 Å².